The molecule has 2 aromatic rings. The average molecular weight is 457 g/mol. The van der Waals surface area contributed by atoms with Gasteiger partial charge in [0.2, 0.25) is 5.91 Å². The number of carbonyl (C=O) groups is 3. The van der Waals surface area contributed by atoms with Crippen LogP contribution < -0.4 is 4.90 Å². The van der Waals surface area contributed by atoms with Crippen LogP contribution in [0.25, 0.3) is 0 Å². The van der Waals surface area contributed by atoms with Gasteiger partial charge in [0.1, 0.15) is 0 Å². The Labute approximate surface area is 194 Å². The third-order valence-electron chi connectivity index (χ3n) is 5.68. The molecule has 2 aromatic carbocycles. The number of nitrogens with zero attached hydrogens (tertiary/aromatic N) is 2. The van der Waals surface area contributed by atoms with Crippen LogP contribution in [0.4, 0.5) is 5.69 Å². The number of piperidine rings is 1. The number of aliphatic hydroxyl groups excluding tert-OH is 1. The monoisotopic (exact) mass is 456 g/mol. The molecule has 0 radical (unpaired) electrons. The van der Waals surface area contributed by atoms with Crippen LogP contribution in [0.1, 0.15) is 38.4 Å². The number of aliphatic hydroxyl groups is 1. The van der Waals surface area contributed by atoms with Crippen molar-refractivity contribution in [3.63, 3.8) is 0 Å². The summed E-state index contributed by atoms with van der Waals surface area (Å²) in [7, 11) is 0. The highest BCUT2D eigenvalue weighted by molar-refractivity contribution is 6.27. The second-order valence-electron chi connectivity index (χ2n) is 8.08. The van der Waals surface area contributed by atoms with E-state index in [0.29, 0.717) is 18.9 Å². The number of carboxylic acids is 2. The first-order valence-electron chi connectivity index (χ1n) is 11.0. The van der Waals surface area contributed by atoms with E-state index in [0.717, 1.165) is 30.8 Å². The summed E-state index contributed by atoms with van der Waals surface area (Å²) >= 11 is 0. The lowest BCUT2D eigenvalue weighted by molar-refractivity contribution is -0.159. The molecule has 33 heavy (non-hydrogen) atoms. The highest BCUT2D eigenvalue weighted by Gasteiger charge is 2.34. The van der Waals surface area contributed by atoms with E-state index in [2.05, 4.69) is 11.8 Å². The third kappa shape index (κ3) is 7.69. The van der Waals surface area contributed by atoms with Gasteiger partial charge in [0.25, 0.3) is 0 Å². The van der Waals surface area contributed by atoms with Crippen LogP contribution in [0.3, 0.4) is 0 Å². The summed E-state index contributed by atoms with van der Waals surface area (Å²) in [6.07, 6.45) is 0.954. The molecule has 1 amide bonds. The number of β-amino-alcohol motifs (C(OH)–C–C–N with tert-alkyl or cyclic N) is 1. The molecule has 1 fully saturated rings. The summed E-state index contributed by atoms with van der Waals surface area (Å²) in [5, 5.41) is 25.3. The van der Waals surface area contributed by atoms with Crippen LogP contribution in [-0.2, 0) is 14.4 Å². The van der Waals surface area contributed by atoms with E-state index >= 15 is 0 Å². The summed E-state index contributed by atoms with van der Waals surface area (Å²) in [5.74, 6) is -3.13. The molecule has 0 aliphatic carbocycles. The lowest BCUT2D eigenvalue weighted by Crippen LogP contribution is -2.52. The number of aliphatic carboxylic acids is 2. The van der Waals surface area contributed by atoms with Gasteiger partial charge in [0, 0.05) is 37.8 Å². The van der Waals surface area contributed by atoms with E-state index in [9.17, 15) is 9.90 Å². The SMILES string of the molecule is CCC(=O)N(c1ccccc1)[C@@H]1CCN(C[C@@H](O)c2ccccc2)C[C@H]1C.O=C(O)C(=O)O. The molecule has 1 heterocycles. The van der Waals surface area contributed by atoms with Crippen molar-refractivity contribution < 1.29 is 29.7 Å². The van der Waals surface area contributed by atoms with Crippen molar-refractivity contribution >= 4 is 23.5 Å². The van der Waals surface area contributed by atoms with E-state index in [1.807, 2.05) is 72.5 Å². The molecule has 8 heteroatoms. The number of rotatable bonds is 6. The Balaban J connectivity index is 0.000000569. The number of carboxylic acid groups (broad SMARTS) is 2. The van der Waals surface area contributed by atoms with Gasteiger partial charge < -0.3 is 20.2 Å². The zero-order valence-corrected chi connectivity index (χ0v) is 19.0. The van der Waals surface area contributed by atoms with Gasteiger partial charge in [0.05, 0.1) is 6.10 Å². The average Bonchev–Trinajstić information content (AvgIpc) is 2.82. The minimum Gasteiger partial charge on any atom is -0.473 e. The van der Waals surface area contributed by atoms with Gasteiger partial charge in [-0.3, -0.25) is 9.69 Å². The number of hydrogen-bond acceptors (Lipinski definition) is 5. The topological polar surface area (TPSA) is 118 Å². The highest BCUT2D eigenvalue weighted by atomic mass is 16.4. The summed E-state index contributed by atoms with van der Waals surface area (Å²) < 4.78 is 0. The van der Waals surface area contributed by atoms with Crippen molar-refractivity contribution in [1.29, 1.82) is 0 Å². The smallest absolute Gasteiger partial charge is 0.414 e. The first kappa shape index (κ1) is 26.0. The molecule has 0 aromatic heterocycles. The van der Waals surface area contributed by atoms with E-state index < -0.39 is 18.0 Å². The third-order valence-corrected chi connectivity index (χ3v) is 5.68. The van der Waals surface area contributed by atoms with Crippen LogP contribution in [0, 0.1) is 5.92 Å². The number of anilines is 1. The van der Waals surface area contributed by atoms with Crippen LogP contribution >= 0.6 is 0 Å². The standard InChI is InChI=1S/C23H30N2O2.C2H2O4/c1-3-23(27)25(20-12-8-5-9-13-20)21-14-15-24(16-18(21)2)17-22(26)19-10-6-4-7-11-19;3-1(4)2(5)6/h4-13,18,21-22,26H,3,14-17H2,1-2H3;(H,3,4)(H,5,6)/t18-,21-,22-;/m1./s1. The number of para-hydroxylation sites is 1. The quantitative estimate of drug-likeness (QED) is 0.572. The normalized spacial score (nSPS) is 19.0. The predicted octanol–water partition coefficient (Wildman–Crippen LogP) is 3.03. The van der Waals surface area contributed by atoms with E-state index in [-0.39, 0.29) is 11.9 Å². The summed E-state index contributed by atoms with van der Waals surface area (Å²) in [6.45, 7) is 6.54. The number of amides is 1. The molecule has 8 nitrogen and oxygen atoms in total. The van der Waals surface area contributed by atoms with Gasteiger partial charge in [-0.15, -0.1) is 0 Å². The maximum absolute atomic E-state index is 12.7. The maximum atomic E-state index is 12.7. The van der Waals surface area contributed by atoms with Gasteiger partial charge in [-0.05, 0) is 30.0 Å². The van der Waals surface area contributed by atoms with Crippen LogP contribution in [0.15, 0.2) is 60.7 Å². The van der Waals surface area contributed by atoms with E-state index in [1.54, 1.807) is 0 Å². The van der Waals surface area contributed by atoms with Crippen molar-refractivity contribution in [2.45, 2.75) is 38.8 Å². The summed E-state index contributed by atoms with van der Waals surface area (Å²) in [4.78, 5) is 35.2. The molecule has 178 valence electrons. The van der Waals surface area contributed by atoms with Crippen molar-refractivity contribution in [1.82, 2.24) is 4.90 Å². The highest BCUT2D eigenvalue weighted by Crippen LogP contribution is 2.29. The maximum Gasteiger partial charge on any atom is 0.414 e. The Bertz CT molecular complexity index is 894. The number of carbonyl (C=O) groups excluding carboxylic acids is 1. The van der Waals surface area contributed by atoms with Crippen molar-refractivity contribution in [3.8, 4) is 0 Å². The lowest BCUT2D eigenvalue weighted by Gasteiger charge is -2.43. The van der Waals surface area contributed by atoms with Gasteiger partial charge in [-0.25, -0.2) is 9.59 Å². The Hall–Kier alpha value is -3.23. The zero-order valence-electron chi connectivity index (χ0n) is 19.0. The first-order chi connectivity index (χ1) is 15.7. The molecule has 1 aliphatic heterocycles. The molecule has 1 saturated heterocycles. The van der Waals surface area contributed by atoms with Gasteiger partial charge in [0.15, 0.2) is 0 Å². The minimum atomic E-state index is -1.82. The minimum absolute atomic E-state index is 0.177. The number of hydrogen-bond donors (Lipinski definition) is 3. The fraction of sp³-hybridized carbons (Fsp3) is 0.400. The lowest BCUT2D eigenvalue weighted by atomic mass is 9.91. The molecule has 0 saturated carbocycles. The second-order valence-corrected chi connectivity index (χ2v) is 8.08. The fourth-order valence-corrected chi connectivity index (χ4v) is 4.07. The van der Waals surface area contributed by atoms with E-state index in [4.69, 9.17) is 19.8 Å². The molecule has 3 atom stereocenters. The summed E-state index contributed by atoms with van der Waals surface area (Å²) in [6, 6.07) is 20.0. The molecule has 3 N–H and O–H groups in total. The van der Waals surface area contributed by atoms with Gasteiger partial charge in [-0.1, -0.05) is 62.4 Å². The molecule has 1 aliphatic rings. The Morgan fingerprint density at radius 3 is 2.03 bits per heavy atom. The molecular weight excluding hydrogens is 424 g/mol. The Morgan fingerprint density at radius 2 is 1.55 bits per heavy atom. The van der Waals surface area contributed by atoms with Crippen molar-refractivity contribution in [3.05, 3.63) is 66.2 Å². The number of benzene rings is 2. The first-order valence-corrected chi connectivity index (χ1v) is 11.0. The Morgan fingerprint density at radius 1 is 1.00 bits per heavy atom. The van der Waals surface area contributed by atoms with Crippen LogP contribution in [0.5, 0.6) is 0 Å². The van der Waals surface area contributed by atoms with Gasteiger partial charge in [-0.2, -0.15) is 0 Å². The van der Waals surface area contributed by atoms with Gasteiger partial charge >= 0.3 is 11.9 Å². The van der Waals surface area contributed by atoms with E-state index in [1.165, 1.54) is 0 Å². The molecular formula is C25H32N2O6. The molecule has 3 rings (SSSR count). The summed E-state index contributed by atoms with van der Waals surface area (Å²) in [5.41, 5.74) is 1.94. The largest absolute Gasteiger partial charge is 0.473 e. The van der Waals surface area contributed by atoms with Crippen LogP contribution in [0.2, 0.25) is 0 Å². The molecule has 0 bridgehead atoms. The molecule has 0 unspecified atom stereocenters. The Kier molecular flexibility index (Phi) is 10.0. The molecule has 0 spiro atoms. The van der Waals surface area contributed by atoms with Crippen molar-refractivity contribution in [2.24, 2.45) is 5.92 Å². The zero-order chi connectivity index (χ0) is 24.4. The fourth-order valence-electron chi connectivity index (χ4n) is 4.07. The van der Waals surface area contributed by atoms with Crippen LogP contribution in [-0.4, -0.2) is 63.7 Å². The number of likely N-dealkylation sites (tertiary alicyclic amines) is 1. The van der Waals surface area contributed by atoms with Crippen molar-refractivity contribution in [2.75, 3.05) is 24.5 Å². The predicted molar refractivity (Wildman–Crippen MR) is 125 cm³/mol. The second kappa shape index (κ2) is 12.7.